The minimum Gasteiger partial charge on any atom is -0.462 e. The van der Waals surface area contributed by atoms with Crippen LogP contribution in [0.1, 0.15) is 155 Å². The molecular weight excluding hydrogens is 627 g/mol. The number of rotatable bonds is 33. The summed E-state index contributed by atoms with van der Waals surface area (Å²) in [5.74, 6) is -0.934. The highest BCUT2D eigenvalue weighted by atomic mass is 31.2. The SMILES string of the molecule is CC/C=C\C/C=C\C/C=C\CCCCCC(=O)OC(COC(=O)CCCCCCCCC/C=C\C/C=C\CCCCC)COP(=O)(O)O. The second-order valence-corrected chi connectivity index (χ2v) is 13.4. The minimum atomic E-state index is -4.76. The van der Waals surface area contributed by atoms with Crippen LogP contribution < -0.4 is 0 Å². The molecule has 1 unspecified atom stereocenters. The van der Waals surface area contributed by atoms with Gasteiger partial charge in [0, 0.05) is 12.8 Å². The van der Waals surface area contributed by atoms with E-state index in [1.165, 1.54) is 44.9 Å². The van der Waals surface area contributed by atoms with E-state index in [0.717, 1.165) is 70.6 Å². The molecule has 0 aromatic heterocycles. The first-order valence-electron chi connectivity index (χ1n) is 18.6. The standard InChI is InChI=1S/C39H67O8P/c1-3-5-7-9-11-13-15-17-18-19-20-22-23-25-27-29-31-33-38(40)45-35-37(36-46-48(42,43)44)47-39(41)34-32-30-28-26-24-21-16-14-12-10-8-6-4-2/h6,8,11-14,17-18,21,24,37H,3-5,7,9-10,15-16,19-20,22-23,25-36H2,1-2H3,(H2,42,43,44)/b8-6-,13-11-,14-12-,18-17-,24-21-. The Labute approximate surface area is 292 Å². The molecule has 0 aliphatic rings. The molecule has 0 radical (unpaired) electrons. The van der Waals surface area contributed by atoms with Crippen LogP contribution in [0.15, 0.2) is 60.8 Å². The fourth-order valence-electron chi connectivity index (χ4n) is 4.77. The van der Waals surface area contributed by atoms with Gasteiger partial charge in [-0.25, -0.2) is 4.57 Å². The molecule has 0 spiro atoms. The zero-order chi connectivity index (χ0) is 35.4. The Morgan fingerprint density at radius 3 is 1.52 bits per heavy atom. The molecule has 0 heterocycles. The number of phosphoric ester groups is 1. The van der Waals surface area contributed by atoms with Crippen molar-refractivity contribution in [2.24, 2.45) is 0 Å². The van der Waals surface area contributed by atoms with Crippen LogP contribution in [0.2, 0.25) is 0 Å². The summed E-state index contributed by atoms with van der Waals surface area (Å²) in [6.07, 6.45) is 42.3. The van der Waals surface area contributed by atoms with Gasteiger partial charge in [-0.15, -0.1) is 0 Å². The summed E-state index contributed by atoms with van der Waals surface area (Å²) in [5.41, 5.74) is 0. The molecule has 1 atom stereocenters. The molecule has 0 aliphatic carbocycles. The van der Waals surface area contributed by atoms with Gasteiger partial charge in [-0.05, 0) is 77.0 Å². The lowest BCUT2D eigenvalue weighted by molar-refractivity contribution is -0.161. The molecule has 0 aromatic rings. The molecule has 0 aliphatic heterocycles. The zero-order valence-corrected chi connectivity index (χ0v) is 31.0. The maximum atomic E-state index is 12.3. The highest BCUT2D eigenvalue weighted by Gasteiger charge is 2.22. The Bertz CT molecular complexity index is 963. The molecule has 48 heavy (non-hydrogen) atoms. The Morgan fingerprint density at radius 1 is 0.562 bits per heavy atom. The molecule has 0 amide bonds. The lowest BCUT2D eigenvalue weighted by Crippen LogP contribution is -2.29. The van der Waals surface area contributed by atoms with Crippen LogP contribution in [-0.2, 0) is 28.2 Å². The van der Waals surface area contributed by atoms with E-state index in [9.17, 15) is 14.2 Å². The smallest absolute Gasteiger partial charge is 0.462 e. The summed E-state index contributed by atoms with van der Waals surface area (Å²) in [4.78, 5) is 42.7. The van der Waals surface area contributed by atoms with E-state index in [1.54, 1.807) is 0 Å². The van der Waals surface area contributed by atoms with E-state index < -0.39 is 32.5 Å². The molecule has 0 aromatic carbocycles. The number of hydrogen-bond donors (Lipinski definition) is 2. The number of unbranched alkanes of at least 4 members (excludes halogenated alkanes) is 13. The first kappa shape index (κ1) is 45.8. The molecule has 276 valence electrons. The fraction of sp³-hybridized carbons (Fsp3) is 0.692. The van der Waals surface area contributed by atoms with Crippen LogP contribution in [0.25, 0.3) is 0 Å². The third-order valence-electron chi connectivity index (χ3n) is 7.52. The number of allylic oxidation sites excluding steroid dienone is 10. The van der Waals surface area contributed by atoms with E-state index in [-0.39, 0.29) is 19.4 Å². The van der Waals surface area contributed by atoms with Crippen molar-refractivity contribution in [2.45, 2.75) is 161 Å². The summed E-state index contributed by atoms with van der Waals surface area (Å²) in [5, 5.41) is 0. The molecule has 2 N–H and O–H groups in total. The maximum Gasteiger partial charge on any atom is 0.469 e. The third-order valence-corrected chi connectivity index (χ3v) is 8.01. The Kier molecular flexibility index (Phi) is 33.0. The Morgan fingerprint density at radius 2 is 1.00 bits per heavy atom. The van der Waals surface area contributed by atoms with Gasteiger partial charge in [0.25, 0.3) is 0 Å². The first-order chi connectivity index (χ1) is 23.3. The number of carbonyl (C=O) groups excluding carboxylic acids is 2. The van der Waals surface area contributed by atoms with Gasteiger partial charge in [-0.3, -0.25) is 14.1 Å². The average molecular weight is 695 g/mol. The number of hydrogen-bond acceptors (Lipinski definition) is 6. The summed E-state index contributed by atoms with van der Waals surface area (Å²) >= 11 is 0. The number of phosphoric acid groups is 1. The predicted octanol–water partition coefficient (Wildman–Crippen LogP) is 11.0. The molecule has 8 nitrogen and oxygen atoms in total. The topological polar surface area (TPSA) is 119 Å². The number of ether oxygens (including phenoxy) is 2. The van der Waals surface area contributed by atoms with Gasteiger partial charge in [0.2, 0.25) is 0 Å². The molecule has 0 saturated heterocycles. The van der Waals surface area contributed by atoms with E-state index in [1.807, 2.05) is 0 Å². The second-order valence-electron chi connectivity index (χ2n) is 12.2. The van der Waals surface area contributed by atoms with Crippen molar-refractivity contribution in [3.05, 3.63) is 60.8 Å². The lowest BCUT2D eigenvalue weighted by atomic mass is 10.1. The fourth-order valence-corrected chi connectivity index (χ4v) is 5.13. The van der Waals surface area contributed by atoms with Gasteiger partial charge in [0.15, 0.2) is 6.10 Å². The van der Waals surface area contributed by atoms with Crippen LogP contribution in [0.5, 0.6) is 0 Å². The summed E-state index contributed by atoms with van der Waals surface area (Å²) in [7, 11) is -4.76. The lowest BCUT2D eigenvalue weighted by Gasteiger charge is -2.18. The third kappa shape index (κ3) is 36.6. The van der Waals surface area contributed by atoms with Crippen LogP contribution in [0, 0.1) is 0 Å². The van der Waals surface area contributed by atoms with Crippen molar-refractivity contribution in [1.29, 1.82) is 0 Å². The van der Waals surface area contributed by atoms with Crippen LogP contribution in [0.4, 0.5) is 0 Å². The monoisotopic (exact) mass is 694 g/mol. The maximum absolute atomic E-state index is 12.3. The second kappa shape index (κ2) is 34.6. The van der Waals surface area contributed by atoms with E-state index >= 15 is 0 Å². The van der Waals surface area contributed by atoms with Crippen LogP contribution >= 0.6 is 7.82 Å². The number of esters is 2. The molecule has 0 fully saturated rings. The highest BCUT2D eigenvalue weighted by molar-refractivity contribution is 7.46. The number of carbonyl (C=O) groups is 2. The van der Waals surface area contributed by atoms with Gasteiger partial charge in [0.1, 0.15) is 6.61 Å². The highest BCUT2D eigenvalue weighted by Crippen LogP contribution is 2.36. The minimum absolute atomic E-state index is 0.172. The van der Waals surface area contributed by atoms with Crippen molar-refractivity contribution in [2.75, 3.05) is 13.2 Å². The quantitative estimate of drug-likeness (QED) is 0.0301. The first-order valence-corrected chi connectivity index (χ1v) is 20.1. The van der Waals surface area contributed by atoms with E-state index in [0.29, 0.717) is 12.8 Å². The summed E-state index contributed by atoms with van der Waals surface area (Å²) < 4.78 is 26.2. The molecular formula is C39H67O8P. The molecule has 0 rings (SSSR count). The van der Waals surface area contributed by atoms with Crippen molar-refractivity contribution in [1.82, 2.24) is 0 Å². The van der Waals surface area contributed by atoms with E-state index in [2.05, 4.69) is 79.1 Å². The zero-order valence-electron chi connectivity index (χ0n) is 30.1. The average Bonchev–Trinajstić information content (AvgIpc) is 3.05. The summed E-state index contributed by atoms with van der Waals surface area (Å²) in [6, 6.07) is 0. The Balaban J connectivity index is 4.02. The summed E-state index contributed by atoms with van der Waals surface area (Å²) in [6.45, 7) is 3.49. The van der Waals surface area contributed by atoms with Gasteiger partial charge in [-0.2, -0.15) is 0 Å². The van der Waals surface area contributed by atoms with Crippen molar-refractivity contribution >= 4 is 19.8 Å². The van der Waals surface area contributed by atoms with Gasteiger partial charge >= 0.3 is 19.8 Å². The molecule has 9 heteroatoms. The van der Waals surface area contributed by atoms with Gasteiger partial charge in [-0.1, -0.05) is 126 Å². The molecule has 0 bridgehead atoms. The van der Waals surface area contributed by atoms with E-state index in [4.69, 9.17) is 19.3 Å². The van der Waals surface area contributed by atoms with Crippen LogP contribution in [-0.4, -0.2) is 41.0 Å². The van der Waals surface area contributed by atoms with Gasteiger partial charge < -0.3 is 19.3 Å². The normalized spacial score (nSPS) is 13.2. The van der Waals surface area contributed by atoms with Crippen LogP contribution in [0.3, 0.4) is 0 Å². The predicted molar refractivity (Wildman–Crippen MR) is 197 cm³/mol. The van der Waals surface area contributed by atoms with Crippen molar-refractivity contribution < 1.29 is 37.9 Å². The van der Waals surface area contributed by atoms with Crippen molar-refractivity contribution in [3.8, 4) is 0 Å². The largest absolute Gasteiger partial charge is 0.469 e. The van der Waals surface area contributed by atoms with Gasteiger partial charge in [0.05, 0.1) is 6.61 Å². The van der Waals surface area contributed by atoms with Crippen molar-refractivity contribution in [3.63, 3.8) is 0 Å². The molecule has 0 saturated carbocycles. The Hall–Kier alpha value is -2.25.